The van der Waals surface area contributed by atoms with Gasteiger partial charge in [0.1, 0.15) is 18.1 Å². The van der Waals surface area contributed by atoms with Crippen LogP contribution in [0.25, 0.3) is 0 Å². The molecule has 0 heterocycles. The molecule has 0 aromatic rings. The molecule has 2 unspecified atom stereocenters. The molecule has 0 fully saturated rings. The van der Waals surface area contributed by atoms with Gasteiger partial charge in [-0.25, -0.2) is 0 Å². The first-order chi connectivity index (χ1) is 5.69. The summed E-state index contributed by atoms with van der Waals surface area (Å²) in [6.45, 7) is 1.83. The standard InChI is InChI=1S/C9H12O3/c1-6-3-7(5-10)4-8(12-2)9(6)11/h3-6,9,11H,1-2H3. The molecular formula is C9H12O3. The Morgan fingerprint density at radius 2 is 2.33 bits per heavy atom. The van der Waals surface area contributed by atoms with E-state index in [9.17, 15) is 9.90 Å². The molecule has 1 rings (SSSR count). The number of hydrogen-bond donors (Lipinski definition) is 1. The number of rotatable bonds is 2. The molecule has 12 heavy (non-hydrogen) atoms. The summed E-state index contributed by atoms with van der Waals surface area (Å²) in [4.78, 5) is 10.4. The molecule has 0 aliphatic heterocycles. The topological polar surface area (TPSA) is 46.5 Å². The second-order valence-electron chi connectivity index (χ2n) is 2.84. The monoisotopic (exact) mass is 168 g/mol. The Labute approximate surface area is 71.3 Å². The van der Waals surface area contributed by atoms with Crippen LogP contribution in [-0.2, 0) is 9.53 Å². The van der Waals surface area contributed by atoms with Crippen molar-refractivity contribution in [1.82, 2.24) is 0 Å². The van der Waals surface area contributed by atoms with Crippen LogP contribution in [0.1, 0.15) is 6.92 Å². The lowest BCUT2D eigenvalue weighted by molar-refractivity contribution is -0.104. The molecule has 0 bridgehead atoms. The maximum atomic E-state index is 10.4. The van der Waals surface area contributed by atoms with E-state index in [1.165, 1.54) is 7.11 Å². The minimum Gasteiger partial charge on any atom is -0.498 e. The van der Waals surface area contributed by atoms with E-state index in [1.807, 2.05) is 6.92 Å². The largest absolute Gasteiger partial charge is 0.498 e. The lowest BCUT2D eigenvalue weighted by Gasteiger charge is -2.22. The third-order valence-corrected chi connectivity index (χ3v) is 1.93. The van der Waals surface area contributed by atoms with Crippen LogP contribution in [0.5, 0.6) is 0 Å². The Bertz CT molecular complexity index is 240. The van der Waals surface area contributed by atoms with Crippen molar-refractivity contribution in [3.05, 3.63) is 23.5 Å². The highest BCUT2D eigenvalue weighted by Gasteiger charge is 2.22. The number of hydrogen-bond acceptors (Lipinski definition) is 3. The van der Waals surface area contributed by atoms with Crippen LogP contribution in [0, 0.1) is 5.92 Å². The average Bonchev–Trinajstić information content (AvgIpc) is 2.09. The van der Waals surface area contributed by atoms with Gasteiger partial charge in [-0.15, -0.1) is 0 Å². The normalized spacial score (nSPS) is 28.9. The average molecular weight is 168 g/mol. The molecule has 0 aromatic carbocycles. The van der Waals surface area contributed by atoms with Gasteiger partial charge >= 0.3 is 0 Å². The number of methoxy groups -OCH3 is 1. The number of allylic oxidation sites excluding steroid dienone is 2. The van der Waals surface area contributed by atoms with E-state index in [2.05, 4.69) is 0 Å². The second-order valence-corrected chi connectivity index (χ2v) is 2.84. The minimum atomic E-state index is -0.626. The molecule has 3 nitrogen and oxygen atoms in total. The Hall–Kier alpha value is -1.09. The Balaban J connectivity index is 2.91. The second kappa shape index (κ2) is 3.54. The summed E-state index contributed by atoms with van der Waals surface area (Å²) in [5.41, 5.74) is 0.560. The fraction of sp³-hybridized carbons (Fsp3) is 0.444. The van der Waals surface area contributed by atoms with Crippen molar-refractivity contribution in [2.24, 2.45) is 5.92 Å². The number of aldehydes is 1. The molecule has 1 aliphatic rings. The fourth-order valence-corrected chi connectivity index (χ4v) is 1.20. The van der Waals surface area contributed by atoms with E-state index in [-0.39, 0.29) is 5.92 Å². The Morgan fingerprint density at radius 1 is 1.67 bits per heavy atom. The third-order valence-electron chi connectivity index (χ3n) is 1.93. The highest BCUT2D eigenvalue weighted by Crippen LogP contribution is 2.22. The van der Waals surface area contributed by atoms with Gasteiger partial charge in [0.2, 0.25) is 0 Å². The van der Waals surface area contributed by atoms with Crippen molar-refractivity contribution in [3.63, 3.8) is 0 Å². The van der Waals surface area contributed by atoms with E-state index in [1.54, 1.807) is 12.2 Å². The molecule has 0 radical (unpaired) electrons. The van der Waals surface area contributed by atoms with Gasteiger partial charge in [0.25, 0.3) is 0 Å². The first-order valence-corrected chi connectivity index (χ1v) is 3.79. The molecule has 2 atom stereocenters. The summed E-state index contributed by atoms with van der Waals surface area (Å²) in [6, 6.07) is 0. The van der Waals surface area contributed by atoms with E-state index in [4.69, 9.17) is 4.74 Å². The van der Waals surface area contributed by atoms with Crippen molar-refractivity contribution in [2.75, 3.05) is 7.11 Å². The van der Waals surface area contributed by atoms with Crippen LogP contribution >= 0.6 is 0 Å². The predicted octanol–water partition coefficient (Wildman–Crippen LogP) is 0.653. The van der Waals surface area contributed by atoms with Gasteiger partial charge in [0.15, 0.2) is 0 Å². The molecule has 0 aromatic heterocycles. The van der Waals surface area contributed by atoms with Crippen LogP contribution in [-0.4, -0.2) is 24.6 Å². The first kappa shape index (κ1) is 9.00. The summed E-state index contributed by atoms with van der Waals surface area (Å²) in [7, 11) is 1.48. The number of aliphatic hydroxyl groups excluding tert-OH is 1. The fourth-order valence-electron chi connectivity index (χ4n) is 1.20. The summed E-state index contributed by atoms with van der Waals surface area (Å²) in [5.74, 6) is 0.386. The first-order valence-electron chi connectivity index (χ1n) is 3.79. The molecule has 0 spiro atoms. The molecule has 0 saturated carbocycles. The lowest BCUT2D eigenvalue weighted by atomic mass is 9.94. The van der Waals surface area contributed by atoms with Gasteiger partial charge in [0.05, 0.1) is 7.11 Å². The summed E-state index contributed by atoms with van der Waals surface area (Å²) in [5, 5.41) is 9.50. The number of carbonyl (C=O) groups excluding carboxylic acids is 1. The Morgan fingerprint density at radius 3 is 2.83 bits per heavy atom. The van der Waals surface area contributed by atoms with Crippen molar-refractivity contribution in [1.29, 1.82) is 0 Å². The maximum absolute atomic E-state index is 10.4. The zero-order valence-corrected chi connectivity index (χ0v) is 7.15. The minimum absolute atomic E-state index is 0.0647. The molecule has 1 aliphatic carbocycles. The van der Waals surface area contributed by atoms with Crippen LogP contribution < -0.4 is 0 Å². The SMILES string of the molecule is COC1=CC(C=O)=CC(C)C1O. The van der Waals surface area contributed by atoms with Crippen LogP contribution in [0.2, 0.25) is 0 Å². The van der Waals surface area contributed by atoms with Crippen LogP contribution in [0.4, 0.5) is 0 Å². The zero-order valence-electron chi connectivity index (χ0n) is 7.15. The highest BCUT2D eigenvalue weighted by atomic mass is 16.5. The number of carbonyl (C=O) groups is 1. The molecule has 1 N–H and O–H groups in total. The quantitative estimate of drug-likeness (QED) is 0.616. The summed E-state index contributed by atoms with van der Waals surface area (Å²) < 4.78 is 4.92. The lowest BCUT2D eigenvalue weighted by Crippen LogP contribution is -2.23. The van der Waals surface area contributed by atoms with Crippen LogP contribution in [0.3, 0.4) is 0 Å². The van der Waals surface area contributed by atoms with E-state index < -0.39 is 6.10 Å². The van der Waals surface area contributed by atoms with Crippen molar-refractivity contribution < 1.29 is 14.6 Å². The van der Waals surface area contributed by atoms with Gasteiger partial charge < -0.3 is 9.84 Å². The third kappa shape index (κ3) is 1.56. The van der Waals surface area contributed by atoms with Gasteiger partial charge in [0, 0.05) is 11.5 Å². The number of aliphatic hydroxyl groups is 1. The van der Waals surface area contributed by atoms with Crippen LogP contribution in [0.15, 0.2) is 23.5 Å². The Kier molecular flexibility index (Phi) is 2.65. The van der Waals surface area contributed by atoms with Crippen molar-refractivity contribution >= 4 is 6.29 Å². The van der Waals surface area contributed by atoms with Gasteiger partial charge in [-0.1, -0.05) is 13.0 Å². The van der Waals surface area contributed by atoms with Gasteiger partial charge in [-0.05, 0) is 6.08 Å². The van der Waals surface area contributed by atoms with E-state index in [0.717, 1.165) is 6.29 Å². The van der Waals surface area contributed by atoms with E-state index in [0.29, 0.717) is 11.3 Å². The molecule has 66 valence electrons. The summed E-state index contributed by atoms with van der Waals surface area (Å²) >= 11 is 0. The smallest absolute Gasteiger partial charge is 0.149 e. The van der Waals surface area contributed by atoms with Crippen molar-refractivity contribution in [3.8, 4) is 0 Å². The molecule has 3 heteroatoms. The van der Waals surface area contributed by atoms with Crippen molar-refractivity contribution in [2.45, 2.75) is 13.0 Å². The summed E-state index contributed by atoms with van der Waals surface area (Å²) in [6.07, 6.45) is 3.40. The van der Waals surface area contributed by atoms with E-state index >= 15 is 0 Å². The molecular weight excluding hydrogens is 156 g/mol. The maximum Gasteiger partial charge on any atom is 0.149 e. The molecule has 0 amide bonds. The molecule has 0 saturated heterocycles. The van der Waals surface area contributed by atoms with Gasteiger partial charge in [-0.2, -0.15) is 0 Å². The highest BCUT2D eigenvalue weighted by molar-refractivity contribution is 5.78. The predicted molar refractivity (Wildman–Crippen MR) is 44.4 cm³/mol. The zero-order chi connectivity index (χ0) is 9.14. The van der Waals surface area contributed by atoms with Gasteiger partial charge in [-0.3, -0.25) is 4.79 Å². The number of ether oxygens (including phenoxy) is 1.